The molecule has 2 rings (SSSR count). The van der Waals surface area contributed by atoms with Gasteiger partial charge >= 0.3 is 6.18 Å². The number of sulfonamides is 1. The van der Waals surface area contributed by atoms with Gasteiger partial charge in [0.15, 0.2) is 0 Å². The first-order chi connectivity index (χ1) is 9.29. The van der Waals surface area contributed by atoms with Crippen LogP contribution in [0, 0.1) is 0 Å². The van der Waals surface area contributed by atoms with E-state index in [1.165, 1.54) is 0 Å². The van der Waals surface area contributed by atoms with Crippen LogP contribution in [0.25, 0.3) is 0 Å². The monoisotopic (exact) mass is 309 g/mol. The predicted molar refractivity (Wildman–Crippen MR) is 67.7 cm³/mol. The first kappa shape index (κ1) is 15.0. The Morgan fingerprint density at radius 2 is 1.90 bits per heavy atom. The van der Waals surface area contributed by atoms with Gasteiger partial charge in [0, 0.05) is 0 Å². The van der Waals surface area contributed by atoms with E-state index in [9.17, 15) is 21.6 Å². The third-order valence-electron chi connectivity index (χ3n) is 3.04. The standard InChI is InChI=1S/C11H14F3N3O2S/c12-11(13,14)10-2-1-8(7-16-10)17-20(18,19)9-3-5-15-6-4-9/h1-2,7,9,15,17H,3-6H2. The molecule has 1 aromatic heterocycles. The minimum atomic E-state index is -4.54. The van der Waals surface area contributed by atoms with Gasteiger partial charge in [0.2, 0.25) is 10.0 Å². The molecule has 9 heteroatoms. The zero-order valence-electron chi connectivity index (χ0n) is 10.4. The molecule has 1 aliphatic heterocycles. The Hall–Kier alpha value is -1.35. The van der Waals surface area contributed by atoms with Crippen LogP contribution in [0.1, 0.15) is 18.5 Å². The lowest BCUT2D eigenvalue weighted by Crippen LogP contribution is -2.38. The number of hydrogen-bond donors (Lipinski definition) is 2. The Kier molecular flexibility index (Phi) is 4.19. The number of pyridine rings is 1. The highest BCUT2D eigenvalue weighted by molar-refractivity contribution is 7.93. The van der Waals surface area contributed by atoms with Gasteiger partial charge in [-0.25, -0.2) is 13.4 Å². The van der Waals surface area contributed by atoms with Gasteiger partial charge in [0.1, 0.15) is 5.69 Å². The lowest BCUT2D eigenvalue weighted by Gasteiger charge is -2.23. The molecular formula is C11H14F3N3O2S. The van der Waals surface area contributed by atoms with Crippen LogP contribution in [0.4, 0.5) is 18.9 Å². The molecule has 1 fully saturated rings. The van der Waals surface area contributed by atoms with Crippen molar-refractivity contribution in [3.63, 3.8) is 0 Å². The highest BCUT2D eigenvalue weighted by Gasteiger charge is 2.32. The Labute approximate surface area is 114 Å². The van der Waals surface area contributed by atoms with Crippen molar-refractivity contribution in [1.82, 2.24) is 10.3 Å². The third-order valence-corrected chi connectivity index (χ3v) is 4.91. The van der Waals surface area contributed by atoms with Crippen molar-refractivity contribution in [3.8, 4) is 0 Å². The van der Waals surface area contributed by atoms with Gasteiger partial charge in [-0.15, -0.1) is 0 Å². The second-order valence-electron chi connectivity index (χ2n) is 4.53. The summed E-state index contributed by atoms with van der Waals surface area (Å²) >= 11 is 0. The van der Waals surface area contributed by atoms with Crippen LogP contribution in [0.15, 0.2) is 18.3 Å². The van der Waals surface area contributed by atoms with Crippen molar-refractivity contribution in [2.24, 2.45) is 0 Å². The van der Waals surface area contributed by atoms with E-state index in [2.05, 4.69) is 15.0 Å². The summed E-state index contributed by atoms with van der Waals surface area (Å²) in [6, 6.07) is 1.81. The molecule has 0 bridgehead atoms. The van der Waals surface area contributed by atoms with Gasteiger partial charge in [-0.3, -0.25) is 4.72 Å². The van der Waals surface area contributed by atoms with Gasteiger partial charge in [-0.1, -0.05) is 0 Å². The molecule has 5 nitrogen and oxygen atoms in total. The van der Waals surface area contributed by atoms with Gasteiger partial charge in [0.05, 0.1) is 17.1 Å². The molecule has 0 unspecified atom stereocenters. The smallest absolute Gasteiger partial charge is 0.317 e. The van der Waals surface area contributed by atoms with Gasteiger partial charge in [0.25, 0.3) is 0 Å². The summed E-state index contributed by atoms with van der Waals surface area (Å²) in [6.45, 7) is 1.22. The zero-order chi connectivity index (χ0) is 14.8. The quantitative estimate of drug-likeness (QED) is 0.889. The maximum Gasteiger partial charge on any atom is 0.433 e. The Morgan fingerprint density at radius 1 is 1.25 bits per heavy atom. The molecule has 0 atom stereocenters. The number of aromatic nitrogens is 1. The second kappa shape index (κ2) is 5.57. The highest BCUT2D eigenvalue weighted by atomic mass is 32.2. The lowest BCUT2D eigenvalue weighted by atomic mass is 10.2. The van der Waals surface area contributed by atoms with Gasteiger partial charge < -0.3 is 5.32 Å². The molecule has 0 aromatic carbocycles. The van der Waals surface area contributed by atoms with E-state index in [4.69, 9.17) is 0 Å². The van der Waals surface area contributed by atoms with E-state index >= 15 is 0 Å². The normalized spacial score (nSPS) is 17.9. The Balaban J connectivity index is 2.09. The molecule has 112 valence electrons. The summed E-state index contributed by atoms with van der Waals surface area (Å²) in [6.07, 6.45) is -2.71. The summed E-state index contributed by atoms with van der Waals surface area (Å²) in [5.41, 5.74) is -1.01. The number of hydrogen-bond acceptors (Lipinski definition) is 4. The maximum atomic E-state index is 12.3. The average Bonchev–Trinajstić information content (AvgIpc) is 2.39. The number of nitrogens with zero attached hydrogens (tertiary/aromatic N) is 1. The van der Waals surface area contributed by atoms with Crippen molar-refractivity contribution in [1.29, 1.82) is 0 Å². The fourth-order valence-corrected chi connectivity index (χ4v) is 3.45. The van der Waals surface area contributed by atoms with Crippen molar-refractivity contribution in [2.75, 3.05) is 17.8 Å². The van der Waals surface area contributed by atoms with Crippen molar-refractivity contribution >= 4 is 15.7 Å². The average molecular weight is 309 g/mol. The number of piperidine rings is 1. The van der Waals surface area contributed by atoms with E-state index in [1.807, 2.05) is 0 Å². The number of anilines is 1. The van der Waals surface area contributed by atoms with Crippen LogP contribution in [-0.2, 0) is 16.2 Å². The number of rotatable bonds is 3. The minimum absolute atomic E-state index is 0.0385. The number of alkyl halides is 3. The molecule has 0 aliphatic carbocycles. The van der Waals surface area contributed by atoms with E-state index in [1.54, 1.807) is 0 Å². The highest BCUT2D eigenvalue weighted by Crippen LogP contribution is 2.28. The summed E-state index contributed by atoms with van der Waals surface area (Å²) in [5, 5.41) is 2.51. The lowest BCUT2D eigenvalue weighted by molar-refractivity contribution is -0.141. The van der Waals surface area contributed by atoms with E-state index in [-0.39, 0.29) is 5.69 Å². The van der Waals surface area contributed by atoms with E-state index in [0.29, 0.717) is 25.9 Å². The summed E-state index contributed by atoms with van der Waals surface area (Å²) in [7, 11) is -3.60. The van der Waals surface area contributed by atoms with Crippen LogP contribution in [0.5, 0.6) is 0 Å². The summed E-state index contributed by atoms with van der Waals surface area (Å²) < 4.78 is 63.4. The molecule has 1 saturated heterocycles. The molecule has 0 saturated carbocycles. The maximum absolute atomic E-state index is 12.3. The van der Waals surface area contributed by atoms with Crippen LogP contribution >= 0.6 is 0 Å². The van der Waals surface area contributed by atoms with E-state index in [0.717, 1.165) is 18.3 Å². The summed E-state index contributed by atoms with van der Waals surface area (Å²) in [5.74, 6) is 0. The third kappa shape index (κ3) is 3.60. The van der Waals surface area contributed by atoms with Crippen molar-refractivity contribution < 1.29 is 21.6 Å². The van der Waals surface area contributed by atoms with Gasteiger partial charge in [-0.2, -0.15) is 13.2 Å². The van der Waals surface area contributed by atoms with E-state index < -0.39 is 27.1 Å². The topological polar surface area (TPSA) is 71.1 Å². The molecule has 2 N–H and O–H groups in total. The first-order valence-electron chi connectivity index (χ1n) is 6.04. The van der Waals surface area contributed by atoms with Crippen molar-refractivity contribution in [2.45, 2.75) is 24.3 Å². The molecule has 0 radical (unpaired) electrons. The number of halogens is 3. The fraction of sp³-hybridized carbons (Fsp3) is 0.545. The fourth-order valence-electron chi connectivity index (χ4n) is 1.98. The predicted octanol–water partition coefficient (Wildman–Crippen LogP) is 1.59. The Bertz CT molecular complexity index is 551. The first-order valence-corrected chi connectivity index (χ1v) is 7.59. The van der Waals surface area contributed by atoms with Gasteiger partial charge in [-0.05, 0) is 38.1 Å². The molecule has 0 amide bonds. The summed E-state index contributed by atoms with van der Waals surface area (Å²) in [4.78, 5) is 3.21. The van der Waals surface area contributed by atoms with Crippen LogP contribution in [0.3, 0.4) is 0 Å². The molecule has 20 heavy (non-hydrogen) atoms. The van der Waals surface area contributed by atoms with Crippen molar-refractivity contribution in [3.05, 3.63) is 24.0 Å². The van der Waals surface area contributed by atoms with Crippen LogP contribution < -0.4 is 10.0 Å². The van der Waals surface area contributed by atoms with Crippen LogP contribution in [-0.4, -0.2) is 31.7 Å². The minimum Gasteiger partial charge on any atom is -0.317 e. The van der Waals surface area contributed by atoms with Crippen LogP contribution in [0.2, 0.25) is 0 Å². The largest absolute Gasteiger partial charge is 0.433 e. The SMILES string of the molecule is O=S(=O)(Nc1ccc(C(F)(F)F)nc1)C1CCNCC1. The molecular weight excluding hydrogens is 295 g/mol. The Morgan fingerprint density at radius 3 is 2.40 bits per heavy atom. The molecule has 1 aliphatic rings. The zero-order valence-corrected chi connectivity index (χ0v) is 11.3. The molecule has 0 spiro atoms. The molecule has 1 aromatic rings. The number of nitrogens with one attached hydrogen (secondary N) is 2. The second-order valence-corrected chi connectivity index (χ2v) is 6.49. The molecule has 2 heterocycles.